The smallest absolute Gasteiger partial charge is 0.306 e. The van der Waals surface area contributed by atoms with Gasteiger partial charge in [0.05, 0.1) is 5.92 Å². The molecule has 0 aromatic heterocycles. The zero-order chi connectivity index (χ0) is 14.5. The summed E-state index contributed by atoms with van der Waals surface area (Å²) in [7, 11) is 0. The summed E-state index contributed by atoms with van der Waals surface area (Å²) < 4.78 is 0. The molecule has 19 heavy (non-hydrogen) atoms. The lowest BCUT2D eigenvalue weighted by Crippen LogP contribution is -2.24. The molecule has 0 saturated heterocycles. The molecule has 0 aliphatic rings. The van der Waals surface area contributed by atoms with Crippen LogP contribution in [-0.2, 0) is 4.79 Å². The molecule has 2 unspecified atom stereocenters. The number of carboxylic acid groups (broad SMARTS) is 1. The van der Waals surface area contributed by atoms with Crippen molar-refractivity contribution < 1.29 is 9.90 Å². The lowest BCUT2D eigenvalue weighted by atomic mass is 9.81. The summed E-state index contributed by atoms with van der Waals surface area (Å²) in [4.78, 5) is 11.5. The first-order valence-corrected chi connectivity index (χ1v) is 8.40. The van der Waals surface area contributed by atoms with Gasteiger partial charge < -0.3 is 5.11 Å². The van der Waals surface area contributed by atoms with Crippen LogP contribution in [0.4, 0.5) is 0 Å². The Hall–Kier alpha value is -0.530. The van der Waals surface area contributed by atoms with E-state index >= 15 is 0 Å². The van der Waals surface area contributed by atoms with Crippen molar-refractivity contribution in [3.8, 4) is 0 Å². The van der Waals surface area contributed by atoms with Gasteiger partial charge in [0, 0.05) is 0 Å². The van der Waals surface area contributed by atoms with Crippen LogP contribution in [0.5, 0.6) is 0 Å². The van der Waals surface area contributed by atoms with Gasteiger partial charge in [-0.25, -0.2) is 0 Å². The molecule has 0 aliphatic heterocycles. The minimum Gasteiger partial charge on any atom is -0.481 e. The quantitative estimate of drug-likeness (QED) is 0.439. The molecule has 0 saturated carbocycles. The highest BCUT2D eigenvalue weighted by atomic mass is 16.4. The van der Waals surface area contributed by atoms with Crippen LogP contribution in [0.2, 0.25) is 0 Å². The van der Waals surface area contributed by atoms with Gasteiger partial charge in [-0.2, -0.15) is 0 Å². The molecule has 0 rings (SSSR count). The molecule has 2 nitrogen and oxygen atoms in total. The molecule has 2 atom stereocenters. The Morgan fingerprint density at radius 3 is 1.89 bits per heavy atom. The van der Waals surface area contributed by atoms with E-state index in [0.717, 1.165) is 32.1 Å². The van der Waals surface area contributed by atoms with Crippen molar-refractivity contribution in [2.75, 3.05) is 0 Å². The topological polar surface area (TPSA) is 37.3 Å². The Balaban J connectivity index is 4.26. The zero-order valence-electron chi connectivity index (χ0n) is 13.3. The van der Waals surface area contributed by atoms with Gasteiger partial charge in [0.25, 0.3) is 0 Å². The molecular formula is C17H34O2. The van der Waals surface area contributed by atoms with Gasteiger partial charge in [-0.3, -0.25) is 4.79 Å². The van der Waals surface area contributed by atoms with Crippen molar-refractivity contribution in [1.82, 2.24) is 0 Å². The monoisotopic (exact) mass is 270 g/mol. The van der Waals surface area contributed by atoms with E-state index in [2.05, 4.69) is 20.8 Å². The maximum Gasteiger partial charge on any atom is 0.306 e. The molecule has 0 fully saturated rings. The second-order valence-corrected chi connectivity index (χ2v) is 5.84. The summed E-state index contributed by atoms with van der Waals surface area (Å²) in [6, 6.07) is 0. The number of carbonyl (C=O) groups is 1. The van der Waals surface area contributed by atoms with Gasteiger partial charge in [0.2, 0.25) is 0 Å². The van der Waals surface area contributed by atoms with E-state index in [1.54, 1.807) is 0 Å². The minimum atomic E-state index is -0.565. The highest BCUT2D eigenvalue weighted by Gasteiger charge is 2.26. The number of hydrogen-bond donors (Lipinski definition) is 1. The first-order chi connectivity index (χ1) is 9.17. The van der Waals surface area contributed by atoms with E-state index in [0.29, 0.717) is 5.92 Å². The van der Waals surface area contributed by atoms with Crippen LogP contribution in [-0.4, -0.2) is 11.1 Å². The van der Waals surface area contributed by atoms with Crippen LogP contribution >= 0.6 is 0 Å². The zero-order valence-corrected chi connectivity index (χ0v) is 13.3. The number of hydrogen-bond acceptors (Lipinski definition) is 1. The van der Waals surface area contributed by atoms with E-state index in [9.17, 15) is 9.90 Å². The van der Waals surface area contributed by atoms with Crippen molar-refractivity contribution in [3.63, 3.8) is 0 Å². The maximum atomic E-state index is 11.5. The van der Waals surface area contributed by atoms with Crippen molar-refractivity contribution in [3.05, 3.63) is 0 Å². The highest BCUT2D eigenvalue weighted by molar-refractivity contribution is 5.70. The average Bonchev–Trinajstić information content (AvgIpc) is 2.38. The Labute approximate surface area is 120 Å². The van der Waals surface area contributed by atoms with Crippen molar-refractivity contribution in [1.29, 1.82) is 0 Å². The van der Waals surface area contributed by atoms with E-state index in [1.807, 2.05) is 0 Å². The molecule has 0 amide bonds. The molecule has 114 valence electrons. The van der Waals surface area contributed by atoms with Crippen LogP contribution in [0, 0.1) is 11.8 Å². The number of carboxylic acids is 1. The van der Waals surface area contributed by atoms with E-state index in [1.165, 1.54) is 38.5 Å². The lowest BCUT2D eigenvalue weighted by Gasteiger charge is -2.23. The third-order valence-corrected chi connectivity index (χ3v) is 4.09. The van der Waals surface area contributed by atoms with Gasteiger partial charge in [0.1, 0.15) is 0 Å². The van der Waals surface area contributed by atoms with Crippen LogP contribution in [0.15, 0.2) is 0 Å². The van der Waals surface area contributed by atoms with E-state index in [-0.39, 0.29) is 5.92 Å². The largest absolute Gasteiger partial charge is 0.481 e. The molecule has 0 aromatic carbocycles. The van der Waals surface area contributed by atoms with Crippen LogP contribution < -0.4 is 0 Å². The molecule has 2 heteroatoms. The second-order valence-electron chi connectivity index (χ2n) is 5.84. The first kappa shape index (κ1) is 18.5. The van der Waals surface area contributed by atoms with Gasteiger partial charge in [-0.05, 0) is 25.2 Å². The van der Waals surface area contributed by atoms with Crippen LogP contribution in [0.25, 0.3) is 0 Å². The summed E-state index contributed by atoms with van der Waals surface area (Å²) in [6.07, 6.45) is 12.6. The van der Waals surface area contributed by atoms with Gasteiger partial charge in [-0.1, -0.05) is 72.1 Å². The SMILES string of the molecule is CCCCCCC(CCC)C(CCCCC)C(=O)O. The Bertz CT molecular complexity index is 213. The molecule has 1 N–H and O–H groups in total. The summed E-state index contributed by atoms with van der Waals surface area (Å²) >= 11 is 0. The fourth-order valence-electron chi connectivity index (χ4n) is 2.93. The Morgan fingerprint density at radius 2 is 1.37 bits per heavy atom. The predicted molar refractivity (Wildman–Crippen MR) is 82.4 cm³/mol. The third-order valence-electron chi connectivity index (χ3n) is 4.09. The van der Waals surface area contributed by atoms with Gasteiger partial charge in [-0.15, -0.1) is 0 Å². The minimum absolute atomic E-state index is 0.104. The predicted octanol–water partition coefficient (Wildman–Crippen LogP) is 5.65. The molecule has 0 radical (unpaired) electrons. The summed E-state index contributed by atoms with van der Waals surface area (Å²) in [5, 5.41) is 9.47. The summed E-state index contributed by atoms with van der Waals surface area (Å²) in [5.74, 6) is -0.269. The summed E-state index contributed by atoms with van der Waals surface area (Å²) in [6.45, 7) is 6.56. The van der Waals surface area contributed by atoms with Crippen molar-refractivity contribution >= 4 is 5.97 Å². The van der Waals surface area contributed by atoms with Crippen molar-refractivity contribution in [2.24, 2.45) is 11.8 Å². The molecule has 0 aliphatic carbocycles. The van der Waals surface area contributed by atoms with Crippen molar-refractivity contribution in [2.45, 2.75) is 91.4 Å². The normalized spacial score (nSPS) is 14.3. The van der Waals surface area contributed by atoms with Gasteiger partial charge >= 0.3 is 5.97 Å². The van der Waals surface area contributed by atoms with Crippen LogP contribution in [0.3, 0.4) is 0 Å². The molecular weight excluding hydrogens is 236 g/mol. The fourth-order valence-corrected chi connectivity index (χ4v) is 2.93. The maximum absolute atomic E-state index is 11.5. The second kappa shape index (κ2) is 12.5. The molecule has 0 bridgehead atoms. The Kier molecular flexibility index (Phi) is 12.2. The third kappa shape index (κ3) is 9.07. The molecule has 0 aromatic rings. The standard InChI is InChI=1S/C17H34O2/c1-4-7-9-11-13-15(12-6-3)16(17(18)19)14-10-8-5-2/h15-16H,4-14H2,1-3H3,(H,18,19). The van der Waals surface area contributed by atoms with E-state index in [4.69, 9.17) is 0 Å². The number of unbranched alkanes of at least 4 members (excludes halogenated alkanes) is 5. The van der Waals surface area contributed by atoms with E-state index < -0.39 is 5.97 Å². The Morgan fingerprint density at radius 1 is 0.789 bits per heavy atom. The van der Waals surface area contributed by atoms with Gasteiger partial charge in [0.15, 0.2) is 0 Å². The molecule has 0 spiro atoms. The molecule has 0 heterocycles. The summed E-state index contributed by atoms with van der Waals surface area (Å²) in [5.41, 5.74) is 0. The van der Waals surface area contributed by atoms with Crippen LogP contribution in [0.1, 0.15) is 91.4 Å². The lowest BCUT2D eigenvalue weighted by molar-refractivity contribution is -0.144. The highest BCUT2D eigenvalue weighted by Crippen LogP contribution is 2.28. The fraction of sp³-hybridized carbons (Fsp3) is 0.941. The number of rotatable bonds is 13. The number of aliphatic carboxylic acids is 1. The first-order valence-electron chi connectivity index (χ1n) is 8.40. The average molecular weight is 270 g/mol.